The molecule has 0 spiro atoms. The molecule has 0 rings (SSSR count). The quantitative estimate of drug-likeness (QED) is 0.363. The second kappa shape index (κ2) is 14.8. The number of hydrogen-bond acceptors (Lipinski definition) is 2. The molecule has 0 aromatic heterocycles. The molecule has 0 fully saturated rings. The van der Waals surface area contributed by atoms with Crippen molar-refractivity contribution in [1.82, 2.24) is 9.13 Å². The van der Waals surface area contributed by atoms with Crippen molar-refractivity contribution in [2.24, 2.45) is 11.8 Å². The average Bonchev–Trinajstić information content (AvgIpc) is 2.43. The van der Waals surface area contributed by atoms with Crippen LogP contribution in [-0.2, 0) is 0 Å². The second-order valence-electron chi connectivity index (χ2n) is 8.07. The Morgan fingerprint density at radius 2 is 1.25 bits per heavy atom. The van der Waals surface area contributed by atoms with Gasteiger partial charge in [0.2, 0.25) is 8.40 Å². The molecule has 0 N–H and O–H groups in total. The summed E-state index contributed by atoms with van der Waals surface area (Å²) in [4.78, 5) is 0. The molecule has 0 amide bonds. The summed E-state index contributed by atoms with van der Waals surface area (Å²) in [5, 5.41) is 4.63. The van der Waals surface area contributed by atoms with Crippen LogP contribution in [0.2, 0.25) is 28.4 Å². The van der Waals surface area contributed by atoms with Crippen LogP contribution in [0.15, 0.2) is 0 Å². The lowest BCUT2D eigenvalue weighted by Gasteiger charge is -2.45. The Kier molecular flexibility index (Phi) is 18.1. The van der Waals surface area contributed by atoms with E-state index in [4.69, 9.17) is 0 Å². The third kappa shape index (κ3) is 9.97. The van der Waals surface area contributed by atoms with Crippen LogP contribution in [0, 0.1) is 11.8 Å². The highest BCUT2D eigenvalue weighted by Crippen LogP contribution is 2.26. The Bertz CT molecular complexity index is 273. The first kappa shape index (κ1) is 29.4. The lowest BCUT2D eigenvalue weighted by atomic mass is 10.3. The van der Waals surface area contributed by atoms with Gasteiger partial charge in [-0.15, -0.1) is 0 Å². The SMILES string of the molecule is C.C.CCN(C)[Si](C)(C[CH2][Al]([CH2]C(C)C)[CH2]C(C)C)N(CC)CC. The van der Waals surface area contributed by atoms with Gasteiger partial charge in [0, 0.05) is 0 Å². The van der Waals surface area contributed by atoms with Crippen LogP contribution in [-0.4, -0.2) is 58.4 Å². The molecule has 2 nitrogen and oxygen atoms in total. The van der Waals surface area contributed by atoms with Gasteiger partial charge in [-0.1, -0.05) is 91.0 Å². The van der Waals surface area contributed by atoms with Crippen LogP contribution in [0.1, 0.15) is 63.3 Å². The van der Waals surface area contributed by atoms with Gasteiger partial charge in [0.05, 0.1) is 0 Å². The van der Waals surface area contributed by atoms with Crippen molar-refractivity contribution in [3.63, 3.8) is 0 Å². The van der Waals surface area contributed by atoms with Gasteiger partial charge < -0.3 is 9.13 Å². The molecule has 0 aliphatic carbocycles. The number of hydrogen-bond donors (Lipinski definition) is 0. The van der Waals surface area contributed by atoms with E-state index in [0.717, 1.165) is 11.8 Å². The molecule has 0 aromatic rings. The third-order valence-electron chi connectivity index (χ3n) is 5.38. The number of nitrogens with zero attached hydrogens (tertiary/aromatic N) is 2. The van der Waals surface area contributed by atoms with E-state index in [1.165, 1.54) is 36.2 Å². The molecule has 1 atom stereocenters. The standard InChI is InChI=1S/C10H25N2Si.2C4H9.2CH4.Al/c1-7-11(5)13(6,10-4)12(8-2)9-3;2*1-4(2)3;;;/h4,7-10H2,1-3,5-6H3;2*4H,1H2,2-3H3;2*1H4;. The molecule has 24 heavy (non-hydrogen) atoms. The fraction of sp³-hybridized carbons (Fsp3) is 1.00. The van der Waals surface area contributed by atoms with Crippen molar-refractivity contribution in [2.45, 2.75) is 91.8 Å². The molecule has 0 aromatic carbocycles. The van der Waals surface area contributed by atoms with Crippen LogP contribution in [0.5, 0.6) is 0 Å². The van der Waals surface area contributed by atoms with Gasteiger partial charge in [0.1, 0.15) is 0 Å². The van der Waals surface area contributed by atoms with E-state index in [1.54, 1.807) is 5.28 Å². The molecule has 4 heteroatoms. The van der Waals surface area contributed by atoms with Crippen LogP contribution in [0.4, 0.5) is 0 Å². The van der Waals surface area contributed by atoms with Crippen molar-refractivity contribution in [2.75, 3.05) is 26.7 Å². The molecule has 1 unspecified atom stereocenters. The van der Waals surface area contributed by atoms with Crippen LogP contribution < -0.4 is 0 Å². The summed E-state index contributed by atoms with van der Waals surface area (Å²) in [6.07, 6.45) is 0. The first-order valence-corrected chi connectivity index (χ1v) is 14.7. The molecule has 0 saturated heterocycles. The summed E-state index contributed by atoms with van der Waals surface area (Å²) < 4.78 is 5.50. The fourth-order valence-electron chi connectivity index (χ4n) is 3.98. The van der Waals surface area contributed by atoms with Crippen molar-refractivity contribution >= 4 is 22.5 Å². The van der Waals surface area contributed by atoms with E-state index < -0.39 is 22.5 Å². The summed E-state index contributed by atoms with van der Waals surface area (Å²) >= 11 is -0.584. The lowest BCUT2D eigenvalue weighted by molar-refractivity contribution is 0.380. The van der Waals surface area contributed by atoms with E-state index >= 15 is 0 Å². The highest BCUT2D eigenvalue weighted by atomic mass is 28.3. The summed E-state index contributed by atoms with van der Waals surface area (Å²) in [7, 11) is 0.921. The maximum Gasteiger partial charge on any atom is 0.262 e. The first-order valence-electron chi connectivity index (χ1n) is 9.67. The minimum absolute atomic E-state index is 0. The van der Waals surface area contributed by atoms with Gasteiger partial charge in [-0.2, -0.15) is 0 Å². The van der Waals surface area contributed by atoms with Gasteiger partial charge >= 0.3 is 0 Å². The van der Waals surface area contributed by atoms with E-state index in [2.05, 4.69) is 71.2 Å². The van der Waals surface area contributed by atoms with Crippen LogP contribution in [0.3, 0.4) is 0 Å². The van der Waals surface area contributed by atoms with Crippen LogP contribution in [0.25, 0.3) is 0 Å². The molecule has 0 bridgehead atoms. The maximum atomic E-state index is 2.80. The van der Waals surface area contributed by atoms with Gasteiger partial charge in [0.15, 0.2) is 0 Å². The molecule has 0 aliphatic rings. The predicted molar refractivity (Wildman–Crippen MR) is 121 cm³/mol. The molecule has 0 heterocycles. The molecule has 0 aliphatic heterocycles. The molecule has 0 radical (unpaired) electrons. The van der Waals surface area contributed by atoms with Crippen molar-refractivity contribution in [3.05, 3.63) is 0 Å². The lowest BCUT2D eigenvalue weighted by Crippen LogP contribution is -2.62. The Morgan fingerprint density at radius 1 is 0.833 bits per heavy atom. The van der Waals surface area contributed by atoms with Gasteiger partial charge in [-0.3, -0.25) is 0 Å². The molecule has 0 saturated carbocycles. The summed E-state index contributed by atoms with van der Waals surface area (Å²) in [6.45, 7) is 22.9. The molecule has 148 valence electrons. The minimum atomic E-state index is -1.45. The Hall–Kier alpha value is 0.669. The Morgan fingerprint density at radius 3 is 1.54 bits per heavy atom. The average molecular weight is 375 g/mol. The Balaban J connectivity index is -0.00000220. The van der Waals surface area contributed by atoms with Gasteiger partial charge in [-0.25, -0.2) is 0 Å². The van der Waals surface area contributed by atoms with E-state index in [1.807, 2.05) is 0 Å². The normalized spacial score (nSPS) is 13.9. The topological polar surface area (TPSA) is 6.48 Å². The zero-order valence-electron chi connectivity index (χ0n) is 17.1. The van der Waals surface area contributed by atoms with Crippen molar-refractivity contribution < 1.29 is 0 Å². The van der Waals surface area contributed by atoms with Crippen LogP contribution >= 0.6 is 0 Å². The van der Waals surface area contributed by atoms with Crippen molar-refractivity contribution in [3.8, 4) is 0 Å². The zero-order valence-corrected chi connectivity index (χ0v) is 19.2. The van der Waals surface area contributed by atoms with Gasteiger partial charge in [0.25, 0.3) is 14.1 Å². The fourth-order valence-corrected chi connectivity index (χ4v) is 14.4. The maximum absolute atomic E-state index is 2.80. The molecular formula is C20H51AlN2Si. The van der Waals surface area contributed by atoms with Gasteiger partial charge in [-0.05, 0) is 39.3 Å². The highest BCUT2D eigenvalue weighted by molar-refractivity contribution is 6.75. The first-order chi connectivity index (χ1) is 10.2. The number of rotatable bonds is 12. The largest absolute Gasteiger partial charge is 0.315 e. The predicted octanol–water partition coefficient (Wildman–Crippen LogP) is 6.43. The smallest absolute Gasteiger partial charge is 0.262 e. The summed E-state index contributed by atoms with van der Waals surface area (Å²) in [5.74, 6) is 1.78. The third-order valence-corrected chi connectivity index (χ3v) is 15.5. The van der Waals surface area contributed by atoms with E-state index in [-0.39, 0.29) is 14.9 Å². The van der Waals surface area contributed by atoms with Crippen molar-refractivity contribution in [1.29, 1.82) is 0 Å². The monoisotopic (exact) mass is 374 g/mol. The molecular weight excluding hydrogens is 323 g/mol. The second-order valence-corrected chi connectivity index (χ2v) is 15.6. The van der Waals surface area contributed by atoms with E-state index in [0.29, 0.717) is 0 Å². The zero-order chi connectivity index (χ0) is 17.3. The summed E-state index contributed by atoms with van der Waals surface area (Å²) in [5.41, 5.74) is 0. The van der Waals surface area contributed by atoms with E-state index in [9.17, 15) is 0 Å². The highest BCUT2D eigenvalue weighted by Gasteiger charge is 2.38. The minimum Gasteiger partial charge on any atom is -0.315 e. The Labute approximate surface area is 161 Å². The summed E-state index contributed by atoms with van der Waals surface area (Å²) in [6, 6.07) is 1.48.